The summed E-state index contributed by atoms with van der Waals surface area (Å²) in [6.07, 6.45) is 1.02. The van der Waals surface area contributed by atoms with E-state index >= 15 is 0 Å². The third-order valence-corrected chi connectivity index (χ3v) is 6.88. The Morgan fingerprint density at radius 3 is 2.22 bits per heavy atom. The lowest BCUT2D eigenvalue weighted by Crippen LogP contribution is -2.54. The van der Waals surface area contributed by atoms with E-state index in [4.69, 9.17) is 9.47 Å². The first-order chi connectivity index (χ1) is 16.7. The van der Waals surface area contributed by atoms with Gasteiger partial charge in [0.1, 0.15) is 12.6 Å². The predicted octanol–water partition coefficient (Wildman–Crippen LogP) is 3.56. The van der Waals surface area contributed by atoms with Crippen molar-refractivity contribution >= 4 is 43.5 Å². The first-order valence-corrected chi connectivity index (χ1v) is 13.9. The second-order valence-corrected chi connectivity index (χ2v) is 12.2. The van der Waals surface area contributed by atoms with Crippen LogP contribution in [0, 0.1) is 0 Å². The maximum atomic E-state index is 13.6. The molecule has 0 spiro atoms. The Labute approximate surface area is 221 Å². The number of nitrogens with zero attached hydrogens (tertiary/aromatic N) is 2. The van der Waals surface area contributed by atoms with Gasteiger partial charge in [0.25, 0.3) is 0 Å². The number of anilines is 1. The van der Waals surface area contributed by atoms with Crippen LogP contribution in [0.1, 0.15) is 33.3 Å². The Hall–Kier alpha value is -2.79. The Balaban J connectivity index is 2.46. The van der Waals surface area contributed by atoms with E-state index in [0.29, 0.717) is 11.5 Å². The molecule has 36 heavy (non-hydrogen) atoms. The first-order valence-electron chi connectivity index (χ1n) is 11.2. The Kier molecular flexibility index (Phi) is 9.78. The largest absolute Gasteiger partial charge is 0.493 e. The minimum Gasteiger partial charge on any atom is -0.493 e. The minimum atomic E-state index is -3.86. The van der Waals surface area contributed by atoms with E-state index in [9.17, 15) is 18.0 Å². The number of amides is 2. The lowest BCUT2D eigenvalue weighted by atomic mass is 10.1. The molecule has 2 amide bonds. The van der Waals surface area contributed by atoms with Gasteiger partial charge in [-0.1, -0.05) is 28.1 Å². The molecule has 2 aromatic carbocycles. The average Bonchev–Trinajstić information content (AvgIpc) is 2.78. The van der Waals surface area contributed by atoms with E-state index < -0.39 is 34.1 Å². The van der Waals surface area contributed by atoms with E-state index in [1.165, 1.54) is 31.3 Å². The molecule has 9 nitrogen and oxygen atoms in total. The number of halogens is 1. The van der Waals surface area contributed by atoms with Gasteiger partial charge in [0, 0.05) is 22.6 Å². The number of hydrogen-bond donors (Lipinski definition) is 1. The van der Waals surface area contributed by atoms with Crippen LogP contribution in [0.2, 0.25) is 0 Å². The van der Waals surface area contributed by atoms with Crippen molar-refractivity contribution in [3.8, 4) is 11.5 Å². The third-order valence-electron chi connectivity index (χ3n) is 5.24. The summed E-state index contributed by atoms with van der Waals surface area (Å²) in [7, 11) is -0.955. The summed E-state index contributed by atoms with van der Waals surface area (Å²) >= 11 is 3.42. The van der Waals surface area contributed by atoms with E-state index in [1.807, 2.05) is 45.0 Å². The number of hydrogen-bond acceptors (Lipinski definition) is 6. The number of nitrogens with one attached hydrogen (secondary N) is 1. The van der Waals surface area contributed by atoms with Gasteiger partial charge in [0.2, 0.25) is 21.8 Å². The third kappa shape index (κ3) is 8.12. The number of benzene rings is 2. The molecule has 0 radical (unpaired) electrons. The highest BCUT2D eigenvalue weighted by Gasteiger charge is 2.31. The van der Waals surface area contributed by atoms with Gasteiger partial charge in [-0.15, -0.1) is 0 Å². The SMILES string of the molecule is COc1ccc(N(CC(=O)N(Cc2cccc(Br)c2)[C@H](C)C(=O)NC(C)(C)C)S(C)(=O)=O)cc1OC. The highest BCUT2D eigenvalue weighted by atomic mass is 79.9. The predicted molar refractivity (Wildman–Crippen MR) is 144 cm³/mol. The van der Waals surface area contributed by atoms with Gasteiger partial charge in [-0.05, 0) is 57.5 Å². The number of methoxy groups -OCH3 is 2. The molecule has 0 aliphatic rings. The van der Waals surface area contributed by atoms with Gasteiger partial charge in [-0.25, -0.2) is 8.42 Å². The van der Waals surface area contributed by atoms with E-state index in [-0.39, 0.29) is 18.1 Å². The summed E-state index contributed by atoms with van der Waals surface area (Å²) < 4.78 is 37.8. The van der Waals surface area contributed by atoms with Crippen molar-refractivity contribution in [1.82, 2.24) is 10.2 Å². The fraction of sp³-hybridized carbons (Fsp3) is 0.440. The highest BCUT2D eigenvalue weighted by Crippen LogP contribution is 2.32. The molecule has 0 saturated carbocycles. The zero-order valence-corrected chi connectivity index (χ0v) is 24.1. The topological polar surface area (TPSA) is 105 Å². The number of ether oxygens (including phenoxy) is 2. The molecule has 198 valence electrons. The zero-order valence-electron chi connectivity index (χ0n) is 21.7. The second kappa shape index (κ2) is 12.0. The lowest BCUT2D eigenvalue weighted by Gasteiger charge is -2.33. The number of carbonyl (C=O) groups excluding carboxylic acids is 2. The quantitative estimate of drug-likeness (QED) is 0.458. The maximum absolute atomic E-state index is 13.6. The highest BCUT2D eigenvalue weighted by molar-refractivity contribution is 9.10. The summed E-state index contributed by atoms with van der Waals surface area (Å²) in [6, 6.07) is 11.1. The Bertz CT molecular complexity index is 1200. The van der Waals surface area contributed by atoms with Gasteiger partial charge in [0.15, 0.2) is 11.5 Å². The summed E-state index contributed by atoms with van der Waals surface area (Å²) in [5.74, 6) is -0.139. The first kappa shape index (κ1) is 29.4. The summed E-state index contributed by atoms with van der Waals surface area (Å²) in [6.45, 7) is 6.77. The number of rotatable bonds is 10. The molecule has 0 fully saturated rings. The molecule has 0 aliphatic carbocycles. The van der Waals surface area contributed by atoms with Crippen LogP contribution in [-0.4, -0.2) is 63.7 Å². The molecule has 0 aliphatic heterocycles. The average molecular weight is 585 g/mol. The summed E-state index contributed by atoms with van der Waals surface area (Å²) in [5, 5.41) is 2.89. The van der Waals surface area contributed by atoms with Gasteiger partial charge < -0.3 is 19.7 Å². The van der Waals surface area contributed by atoms with Crippen molar-refractivity contribution in [3.05, 3.63) is 52.5 Å². The lowest BCUT2D eigenvalue weighted by molar-refractivity contribution is -0.140. The van der Waals surface area contributed by atoms with Crippen molar-refractivity contribution in [2.24, 2.45) is 0 Å². The van der Waals surface area contributed by atoms with E-state index in [0.717, 1.165) is 20.6 Å². The molecule has 1 atom stereocenters. The molecule has 0 bridgehead atoms. The van der Waals surface area contributed by atoms with Crippen molar-refractivity contribution in [2.45, 2.75) is 45.8 Å². The molecule has 11 heteroatoms. The van der Waals surface area contributed by atoms with Gasteiger partial charge in [-0.3, -0.25) is 13.9 Å². The van der Waals surface area contributed by atoms with Crippen LogP contribution in [0.25, 0.3) is 0 Å². The van der Waals surface area contributed by atoms with Crippen molar-refractivity contribution in [1.29, 1.82) is 0 Å². The molecular weight excluding hydrogens is 550 g/mol. The van der Waals surface area contributed by atoms with Crippen LogP contribution >= 0.6 is 15.9 Å². The molecule has 0 unspecified atom stereocenters. The fourth-order valence-corrected chi connectivity index (χ4v) is 4.77. The van der Waals surface area contributed by atoms with Gasteiger partial charge >= 0.3 is 0 Å². The smallest absolute Gasteiger partial charge is 0.244 e. The van der Waals surface area contributed by atoms with E-state index in [1.54, 1.807) is 13.0 Å². The fourth-order valence-electron chi connectivity index (χ4n) is 3.48. The maximum Gasteiger partial charge on any atom is 0.244 e. The summed E-state index contributed by atoms with van der Waals surface area (Å²) in [4.78, 5) is 28.0. The van der Waals surface area contributed by atoms with Crippen molar-refractivity contribution < 1.29 is 27.5 Å². The molecule has 2 aromatic rings. The number of carbonyl (C=O) groups is 2. The Morgan fingerprint density at radius 2 is 1.69 bits per heavy atom. The normalized spacial score (nSPS) is 12.4. The van der Waals surface area contributed by atoms with Gasteiger partial charge in [-0.2, -0.15) is 0 Å². The van der Waals surface area contributed by atoms with Crippen LogP contribution in [0.15, 0.2) is 46.9 Å². The van der Waals surface area contributed by atoms with Crippen molar-refractivity contribution in [2.75, 3.05) is 31.3 Å². The van der Waals surface area contributed by atoms with Crippen LogP contribution in [0.5, 0.6) is 11.5 Å². The Morgan fingerprint density at radius 1 is 1.06 bits per heavy atom. The van der Waals surface area contributed by atoms with Crippen LogP contribution in [-0.2, 0) is 26.2 Å². The van der Waals surface area contributed by atoms with Gasteiger partial charge in [0.05, 0.1) is 26.2 Å². The van der Waals surface area contributed by atoms with Crippen LogP contribution in [0.4, 0.5) is 5.69 Å². The minimum absolute atomic E-state index is 0.112. The van der Waals surface area contributed by atoms with Crippen molar-refractivity contribution in [3.63, 3.8) is 0 Å². The number of sulfonamides is 1. The van der Waals surface area contributed by atoms with Crippen LogP contribution < -0.4 is 19.1 Å². The van der Waals surface area contributed by atoms with Crippen LogP contribution in [0.3, 0.4) is 0 Å². The zero-order chi connectivity index (χ0) is 27.3. The molecule has 2 rings (SSSR count). The second-order valence-electron chi connectivity index (χ2n) is 9.38. The molecule has 0 saturated heterocycles. The molecule has 1 N–H and O–H groups in total. The molecule has 0 aromatic heterocycles. The van der Waals surface area contributed by atoms with E-state index in [2.05, 4.69) is 21.2 Å². The summed E-state index contributed by atoms with van der Waals surface area (Å²) in [5.41, 5.74) is 0.511. The standard InChI is InChI=1S/C25H34BrN3O6S/c1-17(24(31)27-25(2,3)4)28(15-18-9-8-10-19(26)13-18)23(30)16-29(36(7,32)33)20-11-12-21(34-5)22(14-20)35-6/h8-14,17H,15-16H2,1-7H3,(H,27,31)/t17-/m1/s1. The monoisotopic (exact) mass is 583 g/mol. The molecule has 0 heterocycles. The molecular formula is C25H34BrN3O6S.